The molecule has 1 fully saturated rings. The minimum absolute atomic E-state index is 0.0999. The SMILES string of the molecule is Cc1ccc(OCCC(=O)Nc2ccc(N3CCCC3=O)cc2)cc1. The number of anilines is 2. The fourth-order valence-electron chi connectivity index (χ4n) is 2.77. The van der Waals surface area contributed by atoms with Crippen LogP contribution >= 0.6 is 0 Å². The summed E-state index contributed by atoms with van der Waals surface area (Å²) in [5.74, 6) is 0.820. The monoisotopic (exact) mass is 338 g/mol. The summed E-state index contributed by atoms with van der Waals surface area (Å²) in [4.78, 5) is 25.5. The molecule has 1 heterocycles. The fourth-order valence-corrected chi connectivity index (χ4v) is 2.77. The molecular formula is C20H22N2O3. The molecule has 0 saturated carbocycles. The molecule has 0 radical (unpaired) electrons. The number of aryl methyl sites for hydroxylation is 1. The number of carbonyl (C=O) groups is 2. The molecule has 0 aromatic heterocycles. The first-order valence-corrected chi connectivity index (χ1v) is 8.51. The molecule has 2 aromatic rings. The van der Waals surface area contributed by atoms with Crippen molar-refractivity contribution in [3.63, 3.8) is 0 Å². The second-order valence-electron chi connectivity index (χ2n) is 6.16. The summed E-state index contributed by atoms with van der Waals surface area (Å²) in [5, 5.41) is 2.84. The lowest BCUT2D eigenvalue weighted by molar-refractivity contribution is -0.117. The van der Waals surface area contributed by atoms with Gasteiger partial charge in [-0.2, -0.15) is 0 Å². The first-order valence-electron chi connectivity index (χ1n) is 8.51. The molecule has 130 valence electrons. The van der Waals surface area contributed by atoms with Crippen molar-refractivity contribution >= 4 is 23.2 Å². The summed E-state index contributed by atoms with van der Waals surface area (Å²) in [6.45, 7) is 3.11. The summed E-state index contributed by atoms with van der Waals surface area (Å²) in [6, 6.07) is 15.1. The summed E-state index contributed by atoms with van der Waals surface area (Å²) in [5.41, 5.74) is 2.77. The zero-order chi connectivity index (χ0) is 17.6. The number of hydrogen-bond donors (Lipinski definition) is 1. The zero-order valence-electron chi connectivity index (χ0n) is 14.3. The Kier molecular flexibility index (Phi) is 5.33. The second-order valence-corrected chi connectivity index (χ2v) is 6.16. The average Bonchev–Trinajstić information content (AvgIpc) is 3.03. The number of nitrogens with one attached hydrogen (secondary N) is 1. The molecule has 1 saturated heterocycles. The van der Waals surface area contributed by atoms with Crippen LogP contribution in [-0.4, -0.2) is 25.0 Å². The van der Waals surface area contributed by atoms with Crippen molar-refractivity contribution in [3.05, 3.63) is 54.1 Å². The summed E-state index contributed by atoms with van der Waals surface area (Å²) in [6.07, 6.45) is 1.79. The first kappa shape index (κ1) is 17.0. The minimum Gasteiger partial charge on any atom is -0.493 e. The lowest BCUT2D eigenvalue weighted by atomic mass is 10.2. The number of benzene rings is 2. The molecule has 2 aromatic carbocycles. The van der Waals surface area contributed by atoms with Crippen LogP contribution in [0.1, 0.15) is 24.8 Å². The molecule has 0 spiro atoms. The van der Waals surface area contributed by atoms with Gasteiger partial charge in [-0.25, -0.2) is 0 Å². The quantitative estimate of drug-likeness (QED) is 0.876. The first-order chi connectivity index (χ1) is 12.1. The van der Waals surface area contributed by atoms with E-state index in [1.807, 2.05) is 55.5 Å². The highest BCUT2D eigenvalue weighted by Crippen LogP contribution is 2.23. The van der Waals surface area contributed by atoms with Gasteiger partial charge < -0.3 is 15.0 Å². The fraction of sp³-hybridized carbons (Fsp3) is 0.300. The van der Waals surface area contributed by atoms with Crippen LogP contribution in [-0.2, 0) is 9.59 Å². The van der Waals surface area contributed by atoms with E-state index in [0.717, 1.165) is 30.1 Å². The van der Waals surface area contributed by atoms with E-state index in [-0.39, 0.29) is 18.2 Å². The third-order valence-electron chi connectivity index (χ3n) is 4.15. The van der Waals surface area contributed by atoms with Crippen molar-refractivity contribution in [1.29, 1.82) is 0 Å². The van der Waals surface area contributed by atoms with E-state index in [1.54, 1.807) is 4.90 Å². The third-order valence-corrected chi connectivity index (χ3v) is 4.15. The molecule has 25 heavy (non-hydrogen) atoms. The van der Waals surface area contributed by atoms with Gasteiger partial charge in [0.1, 0.15) is 5.75 Å². The van der Waals surface area contributed by atoms with Gasteiger partial charge in [-0.15, -0.1) is 0 Å². The predicted molar refractivity (Wildman–Crippen MR) is 97.9 cm³/mol. The number of rotatable bonds is 6. The third kappa shape index (κ3) is 4.59. The van der Waals surface area contributed by atoms with Crippen LogP contribution in [0, 0.1) is 6.92 Å². The van der Waals surface area contributed by atoms with Gasteiger partial charge in [0.15, 0.2) is 0 Å². The van der Waals surface area contributed by atoms with Crippen LogP contribution in [0.3, 0.4) is 0 Å². The zero-order valence-corrected chi connectivity index (χ0v) is 14.3. The largest absolute Gasteiger partial charge is 0.493 e. The Bertz CT molecular complexity index is 739. The van der Waals surface area contributed by atoms with Crippen molar-refractivity contribution < 1.29 is 14.3 Å². The van der Waals surface area contributed by atoms with Crippen molar-refractivity contribution in [3.8, 4) is 5.75 Å². The Morgan fingerprint density at radius 1 is 1.12 bits per heavy atom. The predicted octanol–water partition coefficient (Wildman–Crippen LogP) is 3.53. The maximum atomic E-state index is 12.0. The molecule has 5 nitrogen and oxygen atoms in total. The van der Waals surface area contributed by atoms with Gasteiger partial charge in [0.2, 0.25) is 11.8 Å². The van der Waals surface area contributed by atoms with Crippen molar-refractivity contribution in [1.82, 2.24) is 0 Å². The lowest BCUT2D eigenvalue weighted by Gasteiger charge is -2.16. The van der Waals surface area contributed by atoms with Crippen LogP contribution < -0.4 is 15.0 Å². The Morgan fingerprint density at radius 2 is 1.84 bits per heavy atom. The Hall–Kier alpha value is -2.82. The molecule has 3 rings (SSSR count). The van der Waals surface area contributed by atoms with Crippen molar-refractivity contribution in [2.45, 2.75) is 26.2 Å². The Balaban J connectivity index is 1.46. The van der Waals surface area contributed by atoms with E-state index in [9.17, 15) is 9.59 Å². The molecule has 0 aliphatic carbocycles. The summed E-state index contributed by atoms with van der Waals surface area (Å²) < 4.78 is 5.56. The highest BCUT2D eigenvalue weighted by Gasteiger charge is 2.21. The molecular weight excluding hydrogens is 316 g/mol. The van der Waals surface area contributed by atoms with E-state index in [2.05, 4.69) is 5.32 Å². The van der Waals surface area contributed by atoms with Gasteiger partial charge in [0, 0.05) is 24.3 Å². The van der Waals surface area contributed by atoms with E-state index in [1.165, 1.54) is 5.56 Å². The van der Waals surface area contributed by atoms with Crippen LogP contribution in [0.4, 0.5) is 11.4 Å². The van der Waals surface area contributed by atoms with Gasteiger partial charge in [-0.05, 0) is 49.7 Å². The number of nitrogens with zero attached hydrogens (tertiary/aromatic N) is 1. The topological polar surface area (TPSA) is 58.6 Å². The molecule has 5 heteroatoms. The van der Waals surface area contributed by atoms with E-state index >= 15 is 0 Å². The normalized spacial score (nSPS) is 13.8. The number of carbonyl (C=O) groups excluding carboxylic acids is 2. The van der Waals surface area contributed by atoms with Crippen LogP contribution in [0.5, 0.6) is 5.75 Å². The highest BCUT2D eigenvalue weighted by molar-refractivity contribution is 5.96. The van der Waals surface area contributed by atoms with Crippen LogP contribution in [0.25, 0.3) is 0 Å². The average molecular weight is 338 g/mol. The van der Waals surface area contributed by atoms with E-state index < -0.39 is 0 Å². The molecule has 2 amide bonds. The molecule has 0 atom stereocenters. The lowest BCUT2D eigenvalue weighted by Crippen LogP contribution is -2.23. The molecule has 1 aliphatic heterocycles. The highest BCUT2D eigenvalue weighted by atomic mass is 16.5. The molecule has 1 aliphatic rings. The smallest absolute Gasteiger partial charge is 0.227 e. The van der Waals surface area contributed by atoms with Gasteiger partial charge >= 0.3 is 0 Å². The van der Waals surface area contributed by atoms with Gasteiger partial charge in [-0.1, -0.05) is 17.7 Å². The Morgan fingerprint density at radius 3 is 2.48 bits per heavy atom. The molecule has 1 N–H and O–H groups in total. The van der Waals surface area contributed by atoms with E-state index in [4.69, 9.17) is 4.74 Å². The van der Waals surface area contributed by atoms with Gasteiger partial charge in [-0.3, -0.25) is 9.59 Å². The van der Waals surface area contributed by atoms with Gasteiger partial charge in [0.25, 0.3) is 0 Å². The minimum atomic E-state index is -0.0999. The summed E-state index contributed by atoms with van der Waals surface area (Å²) >= 11 is 0. The maximum Gasteiger partial charge on any atom is 0.227 e. The van der Waals surface area contributed by atoms with Gasteiger partial charge in [0.05, 0.1) is 13.0 Å². The molecule has 0 unspecified atom stereocenters. The second kappa shape index (κ2) is 7.83. The summed E-state index contributed by atoms with van der Waals surface area (Å²) in [7, 11) is 0. The maximum absolute atomic E-state index is 12.0. The number of amides is 2. The van der Waals surface area contributed by atoms with Crippen LogP contribution in [0.15, 0.2) is 48.5 Å². The number of hydrogen-bond acceptors (Lipinski definition) is 3. The van der Waals surface area contributed by atoms with Crippen molar-refractivity contribution in [2.24, 2.45) is 0 Å². The van der Waals surface area contributed by atoms with E-state index in [0.29, 0.717) is 13.0 Å². The number of ether oxygens (including phenoxy) is 1. The Labute approximate surface area is 147 Å². The van der Waals surface area contributed by atoms with Crippen LogP contribution in [0.2, 0.25) is 0 Å². The standard InChI is InChI=1S/C20H22N2O3/c1-15-4-10-18(11-5-15)25-14-12-19(23)21-16-6-8-17(9-7-16)22-13-2-3-20(22)24/h4-11H,2-3,12-14H2,1H3,(H,21,23). The molecule has 0 bridgehead atoms. The van der Waals surface area contributed by atoms with Crippen molar-refractivity contribution in [2.75, 3.05) is 23.4 Å².